The molecule has 0 aliphatic heterocycles. The third-order valence-corrected chi connectivity index (χ3v) is 2.92. The van der Waals surface area contributed by atoms with Crippen LogP contribution in [0, 0.1) is 11.3 Å². The highest BCUT2D eigenvalue weighted by molar-refractivity contribution is 7.99. The van der Waals surface area contributed by atoms with Crippen LogP contribution in [0.5, 0.6) is 0 Å². The van der Waals surface area contributed by atoms with Crippen molar-refractivity contribution in [1.82, 2.24) is 0 Å². The molecule has 1 aromatic carbocycles. The second-order valence-corrected chi connectivity index (χ2v) is 4.24. The predicted octanol–water partition coefficient (Wildman–Crippen LogP) is 3.00. The van der Waals surface area contributed by atoms with E-state index in [-0.39, 0.29) is 5.76 Å². The topological polar surface area (TPSA) is 74.2 Å². The predicted molar refractivity (Wildman–Crippen MR) is 60.9 cm³/mol. The van der Waals surface area contributed by atoms with Crippen molar-refractivity contribution >= 4 is 17.7 Å². The number of aromatic carboxylic acids is 1. The van der Waals surface area contributed by atoms with Gasteiger partial charge in [0.05, 0.1) is 11.6 Å². The summed E-state index contributed by atoms with van der Waals surface area (Å²) in [5.41, 5.74) is 0.583. The van der Waals surface area contributed by atoms with E-state index in [2.05, 4.69) is 0 Å². The Bertz CT molecular complexity index is 581. The Morgan fingerprint density at radius 3 is 2.47 bits per heavy atom. The van der Waals surface area contributed by atoms with Gasteiger partial charge in [0.15, 0.2) is 5.09 Å². The molecule has 0 saturated carbocycles. The van der Waals surface area contributed by atoms with E-state index in [1.54, 1.807) is 30.3 Å². The Balaban J connectivity index is 2.14. The monoisotopic (exact) mass is 245 g/mol. The first kappa shape index (κ1) is 11.3. The number of rotatable bonds is 3. The molecule has 0 unspecified atom stereocenters. The van der Waals surface area contributed by atoms with Crippen molar-refractivity contribution in [2.24, 2.45) is 0 Å². The molecule has 2 rings (SSSR count). The molecular formula is C12H7NO3S. The Hall–Kier alpha value is -2.19. The third-order valence-electron chi connectivity index (χ3n) is 1.99. The number of hydrogen-bond donors (Lipinski definition) is 1. The van der Waals surface area contributed by atoms with Gasteiger partial charge >= 0.3 is 5.97 Å². The molecule has 0 amide bonds. The second kappa shape index (κ2) is 4.76. The highest BCUT2D eigenvalue weighted by Gasteiger charge is 2.09. The van der Waals surface area contributed by atoms with Crippen LogP contribution in [0.3, 0.4) is 0 Å². The first-order valence-electron chi connectivity index (χ1n) is 4.70. The molecule has 84 valence electrons. The van der Waals surface area contributed by atoms with Crippen LogP contribution in [0.25, 0.3) is 0 Å². The van der Waals surface area contributed by atoms with Crippen molar-refractivity contribution in [3.8, 4) is 6.07 Å². The van der Waals surface area contributed by atoms with E-state index < -0.39 is 5.97 Å². The molecule has 0 saturated heterocycles. The lowest BCUT2D eigenvalue weighted by molar-refractivity contribution is 0.0656. The number of nitrogens with zero attached hydrogens (tertiary/aromatic N) is 1. The van der Waals surface area contributed by atoms with E-state index in [4.69, 9.17) is 14.8 Å². The summed E-state index contributed by atoms with van der Waals surface area (Å²) in [6, 6.07) is 12.0. The average molecular weight is 245 g/mol. The van der Waals surface area contributed by atoms with E-state index in [9.17, 15) is 4.79 Å². The normalized spacial score (nSPS) is 9.82. The van der Waals surface area contributed by atoms with Crippen LogP contribution in [-0.2, 0) is 0 Å². The molecule has 1 heterocycles. The Labute approximate surface area is 101 Å². The summed E-state index contributed by atoms with van der Waals surface area (Å²) in [7, 11) is 0. The zero-order chi connectivity index (χ0) is 12.3. The zero-order valence-corrected chi connectivity index (χ0v) is 9.40. The van der Waals surface area contributed by atoms with Gasteiger partial charge in [-0.05, 0) is 36.4 Å². The van der Waals surface area contributed by atoms with Crippen LogP contribution < -0.4 is 0 Å². The highest BCUT2D eigenvalue weighted by Crippen LogP contribution is 2.29. The van der Waals surface area contributed by atoms with Gasteiger partial charge in [0.1, 0.15) is 0 Å². The maximum Gasteiger partial charge on any atom is 0.371 e. The quantitative estimate of drug-likeness (QED) is 0.899. The van der Waals surface area contributed by atoms with E-state index >= 15 is 0 Å². The van der Waals surface area contributed by atoms with E-state index in [0.29, 0.717) is 10.7 Å². The zero-order valence-electron chi connectivity index (χ0n) is 8.58. The van der Waals surface area contributed by atoms with Crippen molar-refractivity contribution in [3.05, 3.63) is 47.7 Å². The molecule has 2 aromatic rings. The molecule has 0 bridgehead atoms. The minimum atomic E-state index is -1.09. The van der Waals surface area contributed by atoms with Gasteiger partial charge in [0, 0.05) is 4.90 Å². The van der Waals surface area contributed by atoms with Crippen LogP contribution in [0.4, 0.5) is 0 Å². The van der Waals surface area contributed by atoms with Gasteiger partial charge in [0.25, 0.3) is 0 Å². The molecule has 1 N–H and O–H groups in total. The number of carboxylic acids is 1. The molecule has 1 aromatic heterocycles. The van der Waals surface area contributed by atoms with Crippen LogP contribution in [0.1, 0.15) is 16.1 Å². The van der Waals surface area contributed by atoms with E-state index in [0.717, 1.165) is 4.90 Å². The fraction of sp³-hybridized carbons (Fsp3) is 0. The second-order valence-electron chi connectivity index (χ2n) is 3.16. The molecule has 0 aliphatic carbocycles. The fourth-order valence-corrected chi connectivity index (χ4v) is 1.98. The number of benzene rings is 1. The Morgan fingerprint density at radius 2 is 1.94 bits per heavy atom. The molecule has 0 aliphatic rings. The minimum absolute atomic E-state index is 0.0823. The molecule has 4 nitrogen and oxygen atoms in total. The van der Waals surface area contributed by atoms with Gasteiger partial charge < -0.3 is 9.52 Å². The number of carboxylic acid groups (broad SMARTS) is 1. The molecule has 5 heteroatoms. The maximum atomic E-state index is 10.6. The summed E-state index contributed by atoms with van der Waals surface area (Å²) in [4.78, 5) is 11.5. The number of nitriles is 1. The SMILES string of the molecule is N#Cc1ccc(Sc2ccc(C(=O)O)o2)cc1. The largest absolute Gasteiger partial charge is 0.475 e. The van der Waals surface area contributed by atoms with Crippen LogP contribution >= 0.6 is 11.8 Å². The molecule has 0 spiro atoms. The minimum Gasteiger partial charge on any atom is -0.475 e. The number of carbonyl (C=O) groups is 1. The smallest absolute Gasteiger partial charge is 0.371 e. The van der Waals surface area contributed by atoms with E-state index in [1.165, 1.54) is 17.8 Å². The summed E-state index contributed by atoms with van der Waals surface area (Å²) in [5.74, 6) is -1.17. The van der Waals surface area contributed by atoms with Crippen LogP contribution in [0.15, 0.2) is 50.8 Å². The van der Waals surface area contributed by atoms with Gasteiger partial charge in [-0.15, -0.1) is 0 Å². The molecule has 0 atom stereocenters. The van der Waals surface area contributed by atoms with Crippen molar-refractivity contribution in [3.63, 3.8) is 0 Å². The summed E-state index contributed by atoms with van der Waals surface area (Å²) in [5, 5.41) is 17.8. The Kier molecular flexibility index (Phi) is 3.17. The van der Waals surface area contributed by atoms with Crippen molar-refractivity contribution in [1.29, 1.82) is 5.26 Å². The summed E-state index contributed by atoms with van der Waals surface area (Å²) in [6.07, 6.45) is 0. The lowest BCUT2D eigenvalue weighted by Gasteiger charge is -1.97. The third kappa shape index (κ3) is 2.68. The van der Waals surface area contributed by atoms with Gasteiger partial charge in [-0.2, -0.15) is 5.26 Å². The standard InChI is InChI=1S/C12H7NO3S/c13-7-8-1-3-9(4-2-8)17-11-6-5-10(16-11)12(14)15/h1-6H,(H,14,15). The first-order chi connectivity index (χ1) is 8.19. The lowest BCUT2D eigenvalue weighted by Crippen LogP contribution is -1.91. The summed E-state index contributed by atoms with van der Waals surface area (Å²) < 4.78 is 5.10. The van der Waals surface area contributed by atoms with Gasteiger partial charge in [-0.1, -0.05) is 11.8 Å². The number of hydrogen-bond acceptors (Lipinski definition) is 4. The first-order valence-corrected chi connectivity index (χ1v) is 5.52. The summed E-state index contributed by atoms with van der Waals surface area (Å²) >= 11 is 1.31. The average Bonchev–Trinajstić information content (AvgIpc) is 2.79. The number of furan rings is 1. The Morgan fingerprint density at radius 1 is 1.24 bits per heavy atom. The van der Waals surface area contributed by atoms with Gasteiger partial charge in [-0.25, -0.2) is 4.79 Å². The summed E-state index contributed by atoms with van der Waals surface area (Å²) in [6.45, 7) is 0. The molecular weight excluding hydrogens is 238 g/mol. The van der Waals surface area contributed by atoms with Crippen LogP contribution in [-0.4, -0.2) is 11.1 Å². The van der Waals surface area contributed by atoms with E-state index in [1.807, 2.05) is 6.07 Å². The highest BCUT2D eigenvalue weighted by atomic mass is 32.2. The maximum absolute atomic E-state index is 10.6. The molecule has 17 heavy (non-hydrogen) atoms. The van der Waals surface area contributed by atoms with Gasteiger partial charge in [-0.3, -0.25) is 0 Å². The lowest BCUT2D eigenvalue weighted by atomic mass is 10.2. The van der Waals surface area contributed by atoms with Crippen molar-refractivity contribution < 1.29 is 14.3 Å². The molecule has 0 fully saturated rings. The van der Waals surface area contributed by atoms with Crippen molar-refractivity contribution in [2.75, 3.05) is 0 Å². The van der Waals surface area contributed by atoms with Gasteiger partial charge in [0.2, 0.25) is 5.76 Å². The molecule has 0 radical (unpaired) electrons. The van der Waals surface area contributed by atoms with Crippen molar-refractivity contribution in [2.45, 2.75) is 9.99 Å². The fourth-order valence-electron chi connectivity index (χ4n) is 1.20. The van der Waals surface area contributed by atoms with Crippen LogP contribution in [0.2, 0.25) is 0 Å².